The average molecular weight is 552 g/mol. The summed E-state index contributed by atoms with van der Waals surface area (Å²) in [6.07, 6.45) is 3.11. The van der Waals surface area contributed by atoms with Crippen LogP contribution in [0.2, 0.25) is 0 Å². The van der Waals surface area contributed by atoms with Crippen molar-refractivity contribution in [2.24, 2.45) is 0 Å². The first kappa shape index (κ1) is 28.5. The first-order valence-corrected chi connectivity index (χ1v) is 14.7. The van der Waals surface area contributed by atoms with E-state index in [0.29, 0.717) is 35.5 Å². The average Bonchev–Trinajstić information content (AvgIpc) is 3.33. The summed E-state index contributed by atoms with van der Waals surface area (Å²) in [7, 11) is 1.63. The summed E-state index contributed by atoms with van der Waals surface area (Å²) in [4.78, 5) is 2.76. The number of nitrogens with zero attached hydrogens (tertiary/aromatic N) is 1. The van der Waals surface area contributed by atoms with Crippen molar-refractivity contribution in [2.75, 3.05) is 41.0 Å². The van der Waals surface area contributed by atoms with Crippen molar-refractivity contribution in [2.45, 2.75) is 42.4 Å². The Morgan fingerprint density at radius 3 is 2.33 bits per heavy atom. The zero-order chi connectivity index (χ0) is 27.8. The van der Waals surface area contributed by atoms with Gasteiger partial charge in [-0.15, -0.1) is 0 Å². The van der Waals surface area contributed by atoms with Gasteiger partial charge >= 0.3 is 0 Å². The zero-order valence-electron chi connectivity index (χ0n) is 23.1. The number of para-hydroxylation sites is 1. The van der Waals surface area contributed by atoms with Gasteiger partial charge < -0.3 is 23.5 Å². The molecule has 0 aliphatic heterocycles. The summed E-state index contributed by atoms with van der Waals surface area (Å²) in [6.45, 7) is 4.34. The number of fused-ring (bicyclic) bond motifs is 1. The van der Waals surface area contributed by atoms with E-state index in [2.05, 4.69) is 18.0 Å². The molecule has 0 saturated carbocycles. The topological polar surface area (TPSA) is 78.2 Å². The molecular formula is C31H37NO6S. The Balaban J connectivity index is 1.30. The van der Waals surface area contributed by atoms with E-state index in [4.69, 9.17) is 18.6 Å². The number of hydrogen-bond donors (Lipinski definition) is 0. The third-order valence-corrected chi connectivity index (χ3v) is 8.56. The Morgan fingerprint density at radius 1 is 0.872 bits per heavy atom. The van der Waals surface area contributed by atoms with Crippen molar-refractivity contribution < 1.29 is 27.0 Å². The van der Waals surface area contributed by atoms with Crippen molar-refractivity contribution in [3.63, 3.8) is 0 Å². The highest BCUT2D eigenvalue weighted by Crippen LogP contribution is 2.35. The van der Waals surface area contributed by atoms with E-state index in [1.807, 2.05) is 31.2 Å². The van der Waals surface area contributed by atoms with Crippen molar-refractivity contribution >= 4 is 20.8 Å². The predicted molar refractivity (Wildman–Crippen MR) is 153 cm³/mol. The number of ether oxygens (including phenoxy) is 3. The number of methoxy groups -OCH3 is 2. The molecule has 4 aromatic rings. The molecule has 7 nitrogen and oxygen atoms in total. The molecule has 1 heterocycles. The van der Waals surface area contributed by atoms with Gasteiger partial charge in [0.25, 0.3) is 0 Å². The Labute approximate surface area is 231 Å². The van der Waals surface area contributed by atoms with Gasteiger partial charge in [0.1, 0.15) is 22.0 Å². The maximum Gasteiger partial charge on any atom is 0.210 e. The lowest BCUT2D eigenvalue weighted by Crippen LogP contribution is -2.23. The molecule has 0 atom stereocenters. The molecule has 0 bridgehead atoms. The van der Waals surface area contributed by atoms with Crippen LogP contribution < -0.4 is 14.2 Å². The van der Waals surface area contributed by atoms with Crippen LogP contribution in [0.5, 0.6) is 17.2 Å². The van der Waals surface area contributed by atoms with Crippen LogP contribution in [0.15, 0.2) is 80.9 Å². The molecule has 0 unspecified atom stereocenters. The van der Waals surface area contributed by atoms with Crippen LogP contribution in [0.3, 0.4) is 0 Å². The Morgan fingerprint density at radius 2 is 1.62 bits per heavy atom. The molecular weight excluding hydrogens is 514 g/mol. The smallest absolute Gasteiger partial charge is 0.210 e. The van der Waals surface area contributed by atoms with Crippen LogP contribution in [0, 0.1) is 0 Å². The van der Waals surface area contributed by atoms with Crippen molar-refractivity contribution in [3.8, 4) is 17.2 Å². The Hall–Kier alpha value is -3.49. The van der Waals surface area contributed by atoms with Crippen LogP contribution in [0.25, 0.3) is 11.0 Å². The fraction of sp³-hybridized carbons (Fsp3) is 0.355. The van der Waals surface area contributed by atoms with E-state index in [9.17, 15) is 8.42 Å². The number of furan rings is 1. The summed E-state index contributed by atoms with van der Waals surface area (Å²) < 4.78 is 49.6. The van der Waals surface area contributed by atoms with E-state index in [0.717, 1.165) is 43.9 Å². The monoisotopic (exact) mass is 551 g/mol. The van der Waals surface area contributed by atoms with Gasteiger partial charge in [0, 0.05) is 24.9 Å². The first-order chi connectivity index (χ1) is 18.9. The van der Waals surface area contributed by atoms with Crippen molar-refractivity contribution in [3.05, 3.63) is 78.1 Å². The zero-order valence-corrected chi connectivity index (χ0v) is 23.9. The molecule has 0 aliphatic rings. The second-order valence-corrected chi connectivity index (χ2v) is 11.4. The minimum absolute atomic E-state index is 0.230. The second-order valence-electron chi connectivity index (χ2n) is 9.52. The van der Waals surface area contributed by atoms with Crippen LogP contribution in [-0.2, 0) is 22.7 Å². The molecule has 0 N–H and O–H groups in total. The molecule has 0 fully saturated rings. The minimum atomic E-state index is -3.74. The molecule has 0 radical (unpaired) electrons. The van der Waals surface area contributed by atoms with Gasteiger partial charge in [-0.1, -0.05) is 25.1 Å². The van der Waals surface area contributed by atoms with Gasteiger partial charge in [0.2, 0.25) is 9.84 Å². The minimum Gasteiger partial charge on any atom is -0.494 e. The Bertz CT molecular complexity index is 1480. The van der Waals surface area contributed by atoms with E-state index < -0.39 is 9.84 Å². The van der Waals surface area contributed by atoms with Gasteiger partial charge in [0.05, 0.1) is 25.7 Å². The highest BCUT2D eigenvalue weighted by Gasteiger charge is 2.27. The molecule has 1 aromatic heterocycles. The van der Waals surface area contributed by atoms with Crippen LogP contribution in [0.1, 0.15) is 31.1 Å². The molecule has 0 amide bonds. The van der Waals surface area contributed by atoms with E-state index in [1.165, 1.54) is 5.56 Å². The lowest BCUT2D eigenvalue weighted by atomic mass is 10.1. The number of benzene rings is 3. The number of hydrogen-bond acceptors (Lipinski definition) is 7. The summed E-state index contributed by atoms with van der Waals surface area (Å²) in [6, 6.07) is 19.9. The van der Waals surface area contributed by atoms with Crippen molar-refractivity contribution in [1.82, 2.24) is 4.90 Å². The summed E-state index contributed by atoms with van der Waals surface area (Å²) in [5, 5.41) is 0.622. The Kier molecular flexibility index (Phi) is 9.54. The molecule has 39 heavy (non-hydrogen) atoms. The van der Waals surface area contributed by atoms with Gasteiger partial charge in [-0.3, -0.25) is 0 Å². The highest BCUT2D eigenvalue weighted by atomic mass is 32.2. The molecule has 0 saturated heterocycles. The van der Waals surface area contributed by atoms with Crippen molar-refractivity contribution in [1.29, 1.82) is 0 Å². The maximum absolute atomic E-state index is 13.6. The molecule has 4 rings (SSSR count). The third kappa shape index (κ3) is 6.75. The number of aryl methyl sites for hydroxylation is 1. The van der Waals surface area contributed by atoms with E-state index in [-0.39, 0.29) is 9.79 Å². The maximum atomic E-state index is 13.6. The fourth-order valence-corrected chi connectivity index (χ4v) is 6.22. The van der Waals surface area contributed by atoms with Crippen LogP contribution in [0.4, 0.5) is 0 Å². The fourth-order valence-electron chi connectivity index (χ4n) is 4.58. The molecule has 8 heteroatoms. The second kappa shape index (κ2) is 13.0. The van der Waals surface area contributed by atoms with Gasteiger partial charge in [-0.25, -0.2) is 8.42 Å². The predicted octanol–water partition coefficient (Wildman–Crippen LogP) is 6.18. The van der Waals surface area contributed by atoms with Crippen LogP contribution >= 0.6 is 0 Å². The quantitative estimate of drug-likeness (QED) is 0.173. The first-order valence-electron chi connectivity index (χ1n) is 13.2. The molecule has 208 valence electrons. The third-order valence-electron chi connectivity index (χ3n) is 6.68. The largest absolute Gasteiger partial charge is 0.494 e. The number of rotatable bonds is 14. The van der Waals surface area contributed by atoms with Gasteiger partial charge in [0.15, 0.2) is 11.5 Å². The highest BCUT2D eigenvalue weighted by molar-refractivity contribution is 7.91. The lowest BCUT2D eigenvalue weighted by Gasteiger charge is -2.17. The van der Waals surface area contributed by atoms with E-state index in [1.54, 1.807) is 50.6 Å². The molecule has 0 spiro atoms. The molecule has 0 aliphatic carbocycles. The normalized spacial score (nSPS) is 11.7. The van der Waals surface area contributed by atoms with E-state index >= 15 is 0 Å². The number of likely N-dealkylation sites (N-methyl/N-ethyl adjacent to an activating group) is 1. The summed E-state index contributed by atoms with van der Waals surface area (Å²) in [5.74, 6) is 2.63. The summed E-state index contributed by atoms with van der Waals surface area (Å²) in [5.41, 5.74) is 1.78. The number of sulfone groups is 1. The SMILES string of the molecule is CCCc1oc2ccccc2c1S(=O)(=O)c1ccc(OCCCN(C)CCc2ccc(OC)c(OC)c2)cc1. The van der Waals surface area contributed by atoms with Gasteiger partial charge in [-0.05, 0) is 80.4 Å². The lowest BCUT2D eigenvalue weighted by molar-refractivity contribution is 0.264. The summed E-state index contributed by atoms with van der Waals surface area (Å²) >= 11 is 0. The standard InChI is InChI=1S/C31H37NO6S/c1-5-9-29-31(26-10-6-7-11-27(26)38-29)39(33,34)25-15-13-24(14-16-25)37-21-8-19-32(2)20-18-23-12-17-28(35-3)30(22-23)36-4/h6-7,10-17,22H,5,8-9,18-21H2,1-4H3. The molecule has 3 aromatic carbocycles. The van der Waals surface area contributed by atoms with Gasteiger partial charge in [-0.2, -0.15) is 0 Å². The van der Waals surface area contributed by atoms with Crippen LogP contribution in [-0.4, -0.2) is 54.3 Å².